The molecule has 13 heavy (non-hydrogen) atoms. The van der Waals surface area contributed by atoms with E-state index in [1.54, 1.807) is 6.20 Å². The molecule has 0 fully saturated rings. The third-order valence-corrected chi connectivity index (χ3v) is 0.809. The molecule has 0 aliphatic carbocycles. The van der Waals surface area contributed by atoms with E-state index in [1.165, 1.54) is 5.56 Å². The minimum Gasteiger partial charge on any atom is -0.312 e. The van der Waals surface area contributed by atoms with Crippen LogP contribution in [0.25, 0.3) is 0 Å². The van der Waals surface area contributed by atoms with Gasteiger partial charge in [-0.3, -0.25) is 4.98 Å². The van der Waals surface area contributed by atoms with Crippen LogP contribution in [-0.4, -0.2) is 31.0 Å². The van der Waals surface area contributed by atoms with E-state index < -0.39 is 0 Å². The first-order chi connectivity index (χ1) is 6.13. The summed E-state index contributed by atoms with van der Waals surface area (Å²) in [4.78, 5) is 5.88. The fourth-order valence-corrected chi connectivity index (χ4v) is 0.448. The maximum atomic E-state index is 3.88. The summed E-state index contributed by atoms with van der Waals surface area (Å²) in [6, 6.07) is 3.95. The van der Waals surface area contributed by atoms with Gasteiger partial charge in [0.2, 0.25) is 0 Å². The van der Waals surface area contributed by atoms with Crippen LogP contribution >= 0.6 is 0 Å². The van der Waals surface area contributed by atoms with E-state index in [0.29, 0.717) is 0 Å². The lowest BCUT2D eigenvalue weighted by Crippen LogP contribution is -1.99. The molecule has 0 radical (unpaired) electrons. The van der Waals surface area contributed by atoms with Crippen molar-refractivity contribution < 1.29 is 0 Å². The van der Waals surface area contributed by atoms with Crippen LogP contribution in [0.5, 0.6) is 0 Å². The Morgan fingerprint density at radius 1 is 1.15 bits per heavy atom. The van der Waals surface area contributed by atoms with Crippen LogP contribution < -0.4 is 0 Å². The average molecular weight is 182 g/mol. The quantitative estimate of drug-likeness (QED) is 0.613. The molecule has 76 valence electrons. The molecule has 0 aromatic carbocycles. The second kappa shape index (κ2) is 11.1. The highest BCUT2D eigenvalue weighted by molar-refractivity contribution is 5.04. The van der Waals surface area contributed by atoms with Crippen LogP contribution in [-0.2, 0) is 0 Å². The minimum atomic E-state index is 1.21. The van der Waals surface area contributed by atoms with Crippen LogP contribution in [0, 0.1) is 6.92 Å². The first kappa shape index (κ1) is 14.6. The molecule has 0 spiro atoms. The van der Waals surface area contributed by atoms with Crippen LogP contribution in [0.15, 0.2) is 24.5 Å². The predicted molar refractivity (Wildman–Crippen MR) is 59.9 cm³/mol. The lowest BCUT2D eigenvalue weighted by Gasteiger charge is -1.90. The Morgan fingerprint density at radius 2 is 1.62 bits per heavy atom. The molecular weight excluding hydrogens is 160 g/mol. The Hall–Kier alpha value is -0.890. The molecule has 0 N–H and O–H groups in total. The first-order valence-electron chi connectivity index (χ1n) is 4.60. The number of hydrogen-bond donors (Lipinski definition) is 0. The zero-order valence-electron chi connectivity index (χ0n) is 9.70. The molecule has 0 amide bonds. The minimum absolute atomic E-state index is 1.21. The smallest absolute Gasteiger partial charge is 0.0297 e. The summed E-state index contributed by atoms with van der Waals surface area (Å²) >= 11 is 0. The van der Waals surface area contributed by atoms with E-state index in [2.05, 4.69) is 4.98 Å². The fraction of sp³-hybridized carbons (Fsp3) is 0.545. The SMILES string of the molecule is CC.CN(C)C.Cc1cccnc1. The molecule has 0 saturated heterocycles. The topological polar surface area (TPSA) is 16.1 Å². The summed E-state index contributed by atoms with van der Waals surface area (Å²) in [6.45, 7) is 6.02. The Balaban J connectivity index is 0. The van der Waals surface area contributed by atoms with Crippen molar-refractivity contribution in [3.05, 3.63) is 30.1 Å². The number of rotatable bonds is 0. The van der Waals surface area contributed by atoms with Crippen LogP contribution in [0.1, 0.15) is 19.4 Å². The molecule has 1 heterocycles. The zero-order valence-corrected chi connectivity index (χ0v) is 9.70. The summed E-state index contributed by atoms with van der Waals surface area (Å²) < 4.78 is 0. The molecule has 1 rings (SSSR count). The van der Waals surface area contributed by atoms with E-state index in [-0.39, 0.29) is 0 Å². The van der Waals surface area contributed by atoms with Gasteiger partial charge < -0.3 is 4.90 Å². The van der Waals surface area contributed by atoms with Crippen molar-refractivity contribution in [2.75, 3.05) is 21.1 Å². The number of aromatic nitrogens is 1. The second-order valence-electron chi connectivity index (χ2n) is 2.87. The number of aryl methyl sites for hydroxylation is 1. The van der Waals surface area contributed by atoms with Crippen molar-refractivity contribution >= 4 is 0 Å². The Bertz CT molecular complexity index is 168. The Labute approximate surface area is 82.6 Å². The number of nitrogens with zero attached hydrogens (tertiary/aromatic N) is 2. The number of hydrogen-bond acceptors (Lipinski definition) is 2. The Kier molecular flexibility index (Phi) is 12.5. The van der Waals surface area contributed by atoms with Crippen molar-refractivity contribution in [2.45, 2.75) is 20.8 Å². The molecule has 1 aromatic heterocycles. The van der Waals surface area contributed by atoms with E-state index in [9.17, 15) is 0 Å². The van der Waals surface area contributed by atoms with Gasteiger partial charge in [-0.1, -0.05) is 19.9 Å². The van der Waals surface area contributed by atoms with Gasteiger partial charge in [0.1, 0.15) is 0 Å². The highest BCUT2D eigenvalue weighted by Crippen LogP contribution is 1.88. The maximum Gasteiger partial charge on any atom is 0.0297 e. The first-order valence-corrected chi connectivity index (χ1v) is 4.60. The molecule has 0 atom stereocenters. The van der Waals surface area contributed by atoms with Gasteiger partial charge in [-0.05, 0) is 39.7 Å². The van der Waals surface area contributed by atoms with Crippen molar-refractivity contribution in [3.8, 4) is 0 Å². The standard InChI is InChI=1S/C6H7N.C3H9N.C2H6/c1-6-3-2-4-7-5-6;1-4(2)3;1-2/h2-5H,1H3;1-3H3;1-2H3. The van der Waals surface area contributed by atoms with Crippen molar-refractivity contribution in [1.29, 1.82) is 0 Å². The molecular formula is C11H22N2. The van der Waals surface area contributed by atoms with Gasteiger partial charge in [-0.25, -0.2) is 0 Å². The van der Waals surface area contributed by atoms with Gasteiger partial charge in [-0.2, -0.15) is 0 Å². The molecule has 0 aliphatic heterocycles. The molecule has 0 bridgehead atoms. The van der Waals surface area contributed by atoms with E-state index >= 15 is 0 Å². The largest absolute Gasteiger partial charge is 0.312 e. The van der Waals surface area contributed by atoms with Gasteiger partial charge in [-0.15, -0.1) is 0 Å². The summed E-state index contributed by atoms with van der Waals surface area (Å²) in [7, 11) is 6.00. The molecule has 2 nitrogen and oxygen atoms in total. The van der Waals surface area contributed by atoms with Crippen molar-refractivity contribution in [3.63, 3.8) is 0 Å². The average Bonchev–Trinajstić information content (AvgIpc) is 2.08. The summed E-state index contributed by atoms with van der Waals surface area (Å²) in [5.74, 6) is 0. The van der Waals surface area contributed by atoms with Gasteiger partial charge in [0, 0.05) is 12.4 Å². The molecule has 0 saturated carbocycles. The van der Waals surface area contributed by atoms with Gasteiger partial charge in [0.15, 0.2) is 0 Å². The van der Waals surface area contributed by atoms with Crippen LogP contribution in [0.4, 0.5) is 0 Å². The maximum absolute atomic E-state index is 3.88. The predicted octanol–water partition coefficient (Wildman–Crippen LogP) is 2.59. The van der Waals surface area contributed by atoms with Crippen molar-refractivity contribution in [1.82, 2.24) is 9.88 Å². The van der Waals surface area contributed by atoms with Crippen molar-refractivity contribution in [2.24, 2.45) is 0 Å². The highest BCUT2D eigenvalue weighted by atomic mass is 15.0. The zero-order chi connectivity index (χ0) is 10.7. The third kappa shape index (κ3) is 18.2. The molecule has 0 unspecified atom stereocenters. The lowest BCUT2D eigenvalue weighted by molar-refractivity contribution is 0.505. The normalized spacial score (nSPS) is 7.92. The molecule has 2 heteroatoms. The highest BCUT2D eigenvalue weighted by Gasteiger charge is 1.73. The lowest BCUT2D eigenvalue weighted by atomic mass is 10.3. The molecule has 1 aromatic rings. The Morgan fingerprint density at radius 3 is 1.77 bits per heavy atom. The molecule has 0 aliphatic rings. The van der Waals surface area contributed by atoms with Crippen LogP contribution in [0.2, 0.25) is 0 Å². The van der Waals surface area contributed by atoms with E-state index in [4.69, 9.17) is 0 Å². The van der Waals surface area contributed by atoms with Gasteiger partial charge in [0.05, 0.1) is 0 Å². The fourth-order valence-electron chi connectivity index (χ4n) is 0.448. The van der Waals surface area contributed by atoms with Gasteiger partial charge in [0.25, 0.3) is 0 Å². The summed E-state index contributed by atoms with van der Waals surface area (Å²) in [6.07, 6.45) is 3.60. The third-order valence-electron chi connectivity index (χ3n) is 0.809. The van der Waals surface area contributed by atoms with Crippen LogP contribution in [0.3, 0.4) is 0 Å². The van der Waals surface area contributed by atoms with E-state index in [0.717, 1.165) is 0 Å². The summed E-state index contributed by atoms with van der Waals surface area (Å²) in [5, 5.41) is 0. The monoisotopic (exact) mass is 182 g/mol. The number of pyridine rings is 1. The summed E-state index contributed by atoms with van der Waals surface area (Å²) in [5.41, 5.74) is 1.21. The van der Waals surface area contributed by atoms with E-state index in [1.807, 2.05) is 65.1 Å². The van der Waals surface area contributed by atoms with Gasteiger partial charge >= 0.3 is 0 Å². The second-order valence-corrected chi connectivity index (χ2v) is 2.87.